The van der Waals surface area contributed by atoms with Gasteiger partial charge in [-0.3, -0.25) is 4.79 Å². The second-order valence-electron chi connectivity index (χ2n) is 5.96. The average Bonchev–Trinajstić information content (AvgIpc) is 2.63. The molecular formula is C16H19BrO. The maximum absolute atomic E-state index is 12.8. The number of fused-ring (bicyclic) bond motifs is 1. The summed E-state index contributed by atoms with van der Waals surface area (Å²) >= 11 is 3.48. The molecule has 3 rings (SSSR count). The quantitative estimate of drug-likeness (QED) is 0.730. The van der Waals surface area contributed by atoms with Crippen LogP contribution in [0.4, 0.5) is 0 Å². The number of carbonyl (C=O) groups excluding carboxylic acids is 1. The van der Waals surface area contributed by atoms with Crippen molar-refractivity contribution >= 4 is 21.7 Å². The first-order valence-corrected chi connectivity index (χ1v) is 7.77. The molecule has 1 spiro atoms. The largest absolute Gasteiger partial charge is 0.294 e. The molecule has 96 valence electrons. The fraction of sp³-hybridized carbons (Fsp3) is 0.562. The highest BCUT2D eigenvalue weighted by Gasteiger charge is 2.47. The molecule has 1 aromatic carbocycles. The lowest BCUT2D eigenvalue weighted by Crippen LogP contribution is -2.34. The van der Waals surface area contributed by atoms with Crippen LogP contribution in [0.2, 0.25) is 0 Å². The van der Waals surface area contributed by atoms with Crippen molar-refractivity contribution in [2.24, 2.45) is 11.3 Å². The van der Waals surface area contributed by atoms with Crippen LogP contribution in [0.25, 0.3) is 0 Å². The van der Waals surface area contributed by atoms with E-state index in [-0.39, 0.29) is 5.41 Å². The molecule has 2 aliphatic carbocycles. The fourth-order valence-electron chi connectivity index (χ4n) is 3.85. The second kappa shape index (κ2) is 4.48. The minimum atomic E-state index is -0.0535. The molecule has 0 amide bonds. The minimum absolute atomic E-state index is 0.0535. The number of carbonyl (C=O) groups is 1. The van der Waals surface area contributed by atoms with Crippen molar-refractivity contribution < 1.29 is 4.79 Å². The van der Waals surface area contributed by atoms with Gasteiger partial charge in [0.25, 0.3) is 0 Å². The van der Waals surface area contributed by atoms with Gasteiger partial charge in [0.15, 0.2) is 5.78 Å². The van der Waals surface area contributed by atoms with Gasteiger partial charge < -0.3 is 0 Å². The summed E-state index contributed by atoms with van der Waals surface area (Å²) in [6.07, 6.45) is 6.92. The zero-order valence-corrected chi connectivity index (χ0v) is 12.4. The van der Waals surface area contributed by atoms with Crippen LogP contribution in [0, 0.1) is 11.3 Å². The van der Waals surface area contributed by atoms with Gasteiger partial charge in [-0.05, 0) is 42.9 Å². The van der Waals surface area contributed by atoms with E-state index in [1.807, 2.05) is 6.07 Å². The third-order valence-corrected chi connectivity index (χ3v) is 5.34. The number of hydrogen-bond acceptors (Lipinski definition) is 1. The van der Waals surface area contributed by atoms with Gasteiger partial charge in [0.2, 0.25) is 0 Å². The third kappa shape index (κ3) is 1.85. The first-order chi connectivity index (χ1) is 8.64. The van der Waals surface area contributed by atoms with E-state index in [4.69, 9.17) is 0 Å². The average molecular weight is 307 g/mol. The molecule has 1 aromatic rings. The number of benzene rings is 1. The summed E-state index contributed by atoms with van der Waals surface area (Å²) in [5.74, 6) is 1.16. The van der Waals surface area contributed by atoms with E-state index < -0.39 is 0 Å². The first-order valence-electron chi connectivity index (χ1n) is 6.98. The molecule has 0 N–H and O–H groups in total. The SMILES string of the molecule is CC[C@@H]1CCCC2(Cc3ccc(Br)cc3C2=O)C1. The Hall–Kier alpha value is -0.630. The summed E-state index contributed by atoms with van der Waals surface area (Å²) in [7, 11) is 0. The van der Waals surface area contributed by atoms with E-state index in [1.54, 1.807) is 0 Å². The van der Waals surface area contributed by atoms with Gasteiger partial charge >= 0.3 is 0 Å². The molecule has 2 aliphatic rings. The Morgan fingerprint density at radius 1 is 1.44 bits per heavy atom. The van der Waals surface area contributed by atoms with E-state index in [0.717, 1.165) is 35.2 Å². The Kier molecular flexibility index (Phi) is 3.09. The molecule has 2 atom stereocenters. The highest BCUT2D eigenvalue weighted by Crippen LogP contribution is 2.49. The standard InChI is InChI=1S/C16H19BrO/c1-2-11-4-3-7-16(9-11)10-12-5-6-13(17)8-14(12)15(16)18/h5-6,8,11H,2-4,7,9-10H2,1H3/t11-,16?/m1/s1. The van der Waals surface area contributed by atoms with Gasteiger partial charge in [-0.15, -0.1) is 0 Å². The van der Waals surface area contributed by atoms with Gasteiger partial charge in [-0.1, -0.05) is 48.2 Å². The molecule has 1 nitrogen and oxygen atoms in total. The van der Waals surface area contributed by atoms with Gasteiger partial charge in [0, 0.05) is 15.5 Å². The normalized spacial score (nSPS) is 30.8. The summed E-state index contributed by atoms with van der Waals surface area (Å²) in [5.41, 5.74) is 2.18. The predicted octanol–water partition coefficient (Wildman–Crippen LogP) is 4.77. The molecule has 0 aliphatic heterocycles. The van der Waals surface area contributed by atoms with Crippen LogP contribution < -0.4 is 0 Å². The van der Waals surface area contributed by atoms with Crippen molar-refractivity contribution in [3.63, 3.8) is 0 Å². The molecule has 1 saturated carbocycles. The summed E-state index contributed by atoms with van der Waals surface area (Å²) in [6, 6.07) is 6.20. The number of rotatable bonds is 1. The van der Waals surface area contributed by atoms with Crippen LogP contribution >= 0.6 is 15.9 Å². The van der Waals surface area contributed by atoms with Crippen LogP contribution in [0.5, 0.6) is 0 Å². The Balaban J connectivity index is 1.95. The number of Topliss-reactive ketones (excluding diaryl/α,β-unsaturated/α-hetero) is 1. The molecular weight excluding hydrogens is 288 g/mol. The van der Waals surface area contributed by atoms with Gasteiger partial charge in [0.05, 0.1) is 0 Å². The van der Waals surface area contributed by atoms with Crippen molar-refractivity contribution in [1.29, 1.82) is 0 Å². The lowest BCUT2D eigenvalue weighted by Gasteiger charge is -2.36. The lowest BCUT2D eigenvalue weighted by molar-refractivity contribution is 0.0680. The highest BCUT2D eigenvalue weighted by molar-refractivity contribution is 9.10. The zero-order valence-electron chi connectivity index (χ0n) is 10.8. The number of ketones is 1. The van der Waals surface area contributed by atoms with Gasteiger partial charge in [0.1, 0.15) is 0 Å². The summed E-state index contributed by atoms with van der Waals surface area (Å²) < 4.78 is 1.02. The maximum Gasteiger partial charge on any atom is 0.169 e. The monoisotopic (exact) mass is 306 g/mol. The molecule has 0 saturated heterocycles. The van der Waals surface area contributed by atoms with Gasteiger partial charge in [-0.2, -0.15) is 0 Å². The molecule has 0 radical (unpaired) electrons. The van der Waals surface area contributed by atoms with Crippen LogP contribution in [0.3, 0.4) is 0 Å². The zero-order chi connectivity index (χ0) is 12.8. The lowest BCUT2D eigenvalue weighted by atomic mass is 9.67. The van der Waals surface area contributed by atoms with Crippen molar-refractivity contribution in [1.82, 2.24) is 0 Å². The summed E-state index contributed by atoms with van der Waals surface area (Å²) in [4.78, 5) is 12.8. The van der Waals surface area contributed by atoms with Crippen LogP contribution in [-0.4, -0.2) is 5.78 Å². The molecule has 18 heavy (non-hydrogen) atoms. The Morgan fingerprint density at radius 2 is 2.28 bits per heavy atom. The molecule has 1 unspecified atom stereocenters. The fourth-order valence-corrected chi connectivity index (χ4v) is 4.21. The smallest absolute Gasteiger partial charge is 0.169 e. The Bertz CT molecular complexity index is 494. The van der Waals surface area contributed by atoms with E-state index in [1.165, 1.54) is 24.8 Å². The minimum Gasteiger partial charge on any atom is -0.294 e. The highest BCUT2D eigenvalue weighted by atomic mass is 79.9. The summed E-state index contributed by atoms with van der Waals surface area (Å²) in [5, 5.41) is 0. The van der Waals surface area contributed by atoms with E-state index in [0.29, 0.717) is 5.78 Å². The van der Waals surface area contributed by atoms with E-state index >= 15 is 0 Å². The molecule has 0 aromatic heterocycles. The Morgan fingerprint density at radius 3 is 3.06 bits per heavy atom. The molecule has 2 heteroatoms. The molecule has 0 heterocycles. The summed E-state index contributed by atoms with van der Waals surface area (Å²) in [6.45, 7) is 2.26. The van der Waals surface area contributed by atoms with Crippen LogP contribution in [-0.2, 0) is 6.42 Å². The van der Waals surface area contributed by atoms with E-state index in [2.05, 4.69) is 35.0 Å². The van der Waals surface area contributed by atoms with Crippen LogP contribution in [0.1, 0.15) is 54.9 Å². The number of halogens is 1. The molecule has 0 bridgehead atoms. The van der Waals surface area contributed by atoms with Crippen LogP contribution in [0.15, 0.2) is 22.7 Å². The third-order valence-electron chi connectivity index (χ3n) is 4.85. The second-order valence-corrected chi connectivity index (χ2v) is 6.87. The van der Waals surface area contributed by atoms with Crippen molar-refractivity contribution in [3.05, 3.63) is 33.8 Å². The van der Waals surface area contributed by atoms with Crippen molar-refractivity contribution in [2.45, 2.75) is 45.4 Å². The van der Waals surface area contributed by atoms with Crippen molar-refractivity contribution in [3.8, 4) is 0 Å². The molecule has 1 fully saturated rings. The van der Waals surface area contributed by atoms with Gasteiger partial charge in [-0.25, -0.2) is 0 Å². The Labute approximate surface area is 117 Å². The first kappa shape index (κ1) is 12.4. The topological polar surface area (TPSA) is 17.1 Å². The number of hydrogen-bond donors (Lipinski definition) is 0. The van der Waals surface area contributed by atoms with Crippen molar-refractivity contribution in [2.75, 3.05) is 0 Å². The predicted molar refractivity (Wildman–Crippen MR) is 76.9 cm³/mol. The maximum atomic E-state index is 12.8. The van der Waals surface area contributed by atoms with E-state index in [9.17, 15) is 4.79 Å².